The summed E-state index contributed by atoms with van der Waals surface area (Å²) < 4.78 is 41.5. The molecule has 1 atom stereocenters. The summed E-state index contributed by atoms with van der Waals surface area (Å²) in [4.78, 5) is 17.3. The van der Waals surface area contributed by atoms with E-state index in [0.717, 1.165) is 30.6 Å². The first-order valence-electron chi connectivity index (χ1n) is 11.7. The van der Waals surface area contributed by atoms with Gasteiger partial charge in [0.1, 0.15) is 0 Å². The Morgan fingerprint density at radius 2 is 1.71 bits per heavy atom. The number of amides is 1. The molecule has 1 N–H and O–H groups in total. The summed E-state index contributed by atoms with van der Waals surface area (Å²) in [5.74, 6) is 0.0610. The number of aliphatic hydroxyl groups excluding tert-OH is 1. The predicted molar refractivity (Wildman–Crippen MR) is 126 cm³/mol. The molecule has 2 saturated heterocycles. The van der Waals surface area contributed by atoms with E-state index < -0.39 is 24.1 Å². The molecule has 3 aliphatic heterocycles. The second kappa shape index (κ2) is 9.68. The van der Waals surface area contributed by atoms with Crippen molar-refractivity contribution in [1.29, 1.82) is 0 Å². The number of benzene rings is 2. The van der Waals surface area contributed by atoms with Gasteiger partial charge in [-0.1, -0.05) is 12.1 Å². The van der Waals surface area contributed by atoms with E-state index in [0.29, 0.717) is 36.6 Å². The number of alkyl halides is 3. The number of anilines is 1. The van der Waals surface area contributed by atoms with E-state index in [4.69, 9.17) is 11.6 Å². The molecule has 0 bridgehead atoms. The first kappa shape index (κ1) is 25.0. The SMILES string of the molecule is O=C1N(c2ccc(CC(F)(F)F)cc2)CCC12CCN(CC(O)c1ccc(Cl)cc1C1=C[I-]1)CC2. The Kier molecular flexibility index (Phi) is 6.93. The molecule has 5 rings (SSSR count). The Hall–Kier alpha value is -1.62. The van der Waals surface area contributed by atoms with Crippen molar-refractivity contribution in [3.63, 3.8) is 0 Å². The van der Waals surface area contributed by atoms with E-state index in [9.17, 15) is 23.1 Å². The third-order valence-corrected chi connectivity index (χ3v) is 9.32. The Morgan fingerprint density at radius 1 is 1.06 bits per heavy atom. The Balaban J connectivity index is 1.19. The molecule has 188 valence electrons. The second-order valence-electron chi connectivity index (χ2n) is 9.56. The molecular weight excluding hydrogens is 592 g/mol. The van der Waals surface area contributed by atoms with Gasteiger partial charge in [0, 0.05) is 0 Å². The number of nitrogens with zero attached hydrogens (tertiary/aromatic N) is 2. The predicted octanol–water partition coefficient (Wildman–Crippen LogP) is 2.40. The Bertz CT molecular complexity index is 1140. The van der Waals surface area contributed by atoms with Crippen molar-refractivity contribution >= 4 is 26.8 Å². The number of piperidine rings is 1. The van der Waals surface area contributed by atoms with E-state index in [1.54, 1.807) is 17.0 Å². The van der Waals surface area contributed by atoms with Crippen LogP contribution in [0, 0.1) is 5.41 Å². The number of hydrogen-bond donors (Lipinski definition) is 1. The number of β-amino-alcohol motifs (C(OH)–C–C–N with tert-alkyl or cyclic N) is 1. The van der Waals surface area contributed by atoms with Gasteiger partial charge in [0.2, 0.25) is 0 Å². The van der Waals surface area contributed by atoms with Crippen LogP contribution < -0.4 is 26.1 Å². The van der Waals surface area contributed by atoms with Crippen molar-refractivity contribution in [2.75, 3.05) is 31.1 Å². The van der Waals surface area contributed by atoms with Gasteiger partial charge in [-0.15, -0.1) is 0 Å². The van der Waals surface area contributed by atoms with Gasteiger partial charge in [0.05, 0.1) is 6.42 Å². The number of rotatable bonds is 6. The molecule has 2 aromatic rings. The Labute approximate surface area is 218 Å². The third kappa shape index (κ3) is 5.55. The minimum absolute atomic E-state index is 0.0127. The van der Waals surface area contributed by atoms with Crippen LogP contribution >= 0.6 is 11.6 Å². The molecule has 1 spiro atoms. The molecule has 1 unspecified atom stereocenters. The average molecular weight is 618 g/mol. The molecule has 3 aliphatic rings. The van der Waals surface area contributed by atoms with Gasteiger partial charge in [0.15, 0.2) is 0 Å². The molecule has 0 saturated carbocycles. The zero-order valence-electron chi connectivity index (χ0n) is 19.0. The molecule has 4 nitrogen and oxygen atoms in total. The molecule has 0 aliphatic carbocycles. The molecular formula is C26H26ClF3IN2O2-. The van der Waals surface area contributed by atoms with Crippen molar-refractivity contribution in [3.05, 3.63) is 68.3 Å². The quantitative estimate of drug-likeness (QED) is 0.507. The van der Waals surface area contributed by atoms with Gasteiger partial charge >= 0.3 is 169 Å². The minimum atomic E-state index is -4.25. The molecule has 2 aromatic carbocycles. The first-order chi connectivity index (χ1) is 16.6. The van der Waals surface area contributed by atoms with E-state index in [1.807, 2.05) is 18.2 Å². The molecule has 1 amide bonds. The summed E-state index contributed by atoms with van der Waals surface area (Å²) in [6.45, 7) is 2.53. The maximum absolute atomic E-state index is 13.4. The van der Waals surface area contributed by atoms with Crippen LogP contribution in [0.15, 0.2) is 46.5 Å². The zero-order chi connectivity index (χ0) is 24.8. The van der Waals surface area contributed by atoms with Crippen molar-refractivity contribution in [1.82, 2.24) is 4.90 Å². The van der Waals surface area contributed by atoms with Gasteiger partial charge in [-0.05, 0) is 17.7 Å². The van der Waals surface area contributed by atoms with Crippen LogP contribution in [0.25, 0.3) is 3.58 Å². The van der Waals surface area contributed by atoms with Gasteiger partial charge in [-0.3, -0.25) is 0 Å². The number of aliphatic hydroxyl groups is 1. The fourth-order valence-corrected chi connectivity index (χ4v) is 6.70. The van der Waals surface area contributed by atoms with E-state index >= 15 is 0 Å². The van der Waals surface area contributed by atoms with Crippen LogP contribution in [0.4, 0.5) is 18.9 Å². The Morgan fingerprint density at radius 3 is 2.34 bits per heavy atom. The number of carbonyl (C=O) groups is 1. The number of carbonyl (C=O) groups excluding carboxylic acids is 1. The molecule has 3 heterocycles. The van der Waals surface area contributed by atoms with Gasteiger partial charge < -0.3 is 0 Å². The molecule has 0 radical (unpaired) electrons. The molecule has 2 fully saturated rings. The summed E-state index contributed by atoms with van der Waals surface area (Å²) in [7, 11) is 0. The van der Waals surface area contributed by atoms with Gasteiger partial charge in [-0.2, -0.15) is 13.2 Å². The second-order valence-corrected chi connectivity index (χ2v) is 12.4. The summed E-state index contributed by atoms with van der Waals surface area (Å²) >= 11 is 6.16. The summed E-state index contributed by atoms with van der Waals surface area (Å²) in [6, 6.07) is 11.8. The molecule has 9 heteroatoms. The van der Waals surface area contributed by atoms with Crippen LogP contribution in [0.3, 0.4) is 0 Å². The maximum atomic E-state index is 13.4. The van der Waals surface area contributed by atoms with Crippen molar-refractivity contribution in [2.45, 2.75) is 38.0 Å². The molecule has 0 aromatic heterocycles. The van der Waals surface area contributed by atoms with E-state index in [1.165, 1.54) is 15.7 Å². The number of hydrogen-bond acceptors (Lipinski definition) is 3. The van der Waals surface area contributed by atoms with Crippen LogP contribution in [-0.2, 0) is 11.2 Å². The van der Waals surface area contributed by atoms with Gasteiger partial charge in [0.25, 0.3) is 0 Å². The van der Waals surface area contributed by atoms with Crippen LogP contribution in [0.5, 0.6) is 0 Å². The normalized spacial score (nSPS) is 21.1. The standard InChI is InChI=1S/C26H26ClF3IN2O2/c27-18-3-6-20(21(13-18)22-15-31-22)23(34)16-32-10-7-25(8-11-32)9-12-33(24(25)35)19-4-1-17(2-5-19)14-26(28,29)30/h1-6,13,15,23,34H,7-12,14,16H2/q-1. The number of likely N-dealkylation sites (tertiary alicyclic amines) is 1. The zero-order valence-corrected chi connectivity index (χ0v) is 21.9. The van der Waals surface area contributed by atoms with E-state index in [2.05, 4.69) is 8.98 Å². The summed E-state index contributed by atoms with van der Waals surface area (Å²) in [5.41, 5.74) is 2.39. The average Bonchev–Trinajstić information content (AvgIpc) is 3.61. The van der Waals surface area contributed by atoms with Crippen molar-refractivity contribution in [3.8, 4) is 0 Å². The molecule has 35 heavy (non-hydrogen) atoms. The fraction of sp³-hybridized carbons (Fsp3) is 0.423. The van der Waals surface area contributed by atoms with Crippen LogP contribution in [0.1, 0.15) is 42.1 Å². The monoisotopic (exact) mass is 617 g/mol. The van der Waals surface area contributed by atoms with Gasteiger partial charge in [-0.25, -0.2) is 0 Å². The number of halogens is 5. The van der Waals surface area contributed by atoms with Crippen molar-refractivity contribution < 1.29 is 44.3 Å². The topological polar surface area (TPSA) is 43.8 Å². The summed E-state index contributed by atoms with van der Waals surface area (Å²) in [5, 5.41) is 11.6. The fourth-order valence-electron chi connectivity index (χ4n) is 5.23. The third-order valence-electron chi connectivity index (χ3n) is 7.26. The summed E-state index contributed by atoms with van der Waals surface area (Å²) in [6.07, 6.45) is -3.67. The van der Waals surface area contributed by atoms with E-state index in [-0.39, 0.29) is 32.7 Å². The first-order valence-corrected chi connectivity index (χ1v) is 14.4. The van der Waals surface area contributed by atoms with Crippen LogP contribution in [-0.4, -0.2) is 48.3 Å². The van der Waals surface area contributed by atoms with Crippen molar-refractivity contribution in [2.24, 2.45) is 5.41 Å². The van der Waals surface area contributed by atoms with Crippen LogP contribution in [0.2, 0.25) is 5.02 Å².